The fourth-order valence-corrected chi connectivity index (χ4v) is 2.03. The molecule has 1 heterocycles. The van der Waals surface area contributed by atoms with Crippen molar-refractivity contribution in [1.82, 2.24) is 10.2 Å². The zero-order chi connectivity index (χ0) is 16.0. The van der Waals surface area contributed by atoms with E-state index in [1.807, 2.05) is 0 Å². The quantitative estimate of drug-likeness (QED) is 0.680. The Morgan fingerprint density at radius 3 is 2.52 bits per heavy atom. The van der Waals surface area contributed by atoms with Crippen LogP contribution in [-0.4, -0.2) is 66.4 Å². The van der Waals surface area contributed by atoms with Gasteiger partial charge in [0.25, 0.3) is 0 Å². The molecule has 1 aliphatic rings. The maximum atomic E-state index is 12.0. The fraction of sp³-hybridized carbons (Fsp3) is 0.769. The van der Waals surface area contributed by atoms with E-state index in [-0.39, 0.29) is 25.2 Å². The second kappa shape index (κ2) is 7.82. The number of methoxy groups -OCH3 is 1. The Bertz CT molecular complexity index is 398. The zero-order valence-electron chi connectivity index (χ0n) is 12.5. The Balaban J connectivity index is 2.44. The van der Waals surface area contributed by atoms with E-state index in [2.05, 4.69) is 10.1 Å². The summed E-state index contributed by atoms with van der Waals surface area (Å²) in [5.41, 5.74) is 0. The molecule has 0 aromatic heterocycles. The molecule has 1 rings (SSSR count). The topological polar surface area (TPSA) is 105 Å². The second-order valence-electron chi connectivity index (χ2n) is 5.15. The van der Waals surface area contributed by atoms with Crippen molar-refractivity contribution in [3.63, 3.8) is 0 Å². The van der Waals surface area contributed by atoms with E-state index in [0.717, 1.165) is 0 Å². The van der Waals surface area contributed by atoms with Gasteiger partial charge >= 0.3 is 18.0 Å². The number of hydrogen-bond donors (Lipinski definition) is 2. The Morgan fingerprint density at radius 1 is 1.38 bits per heavy atom. The SMILES string of the molecule is COC(=O)CN(C(=O)NCC1CCC(C(=O)O)O1)C(C)C. The van der Waals surface area contributed by atoms with Gasteiger partial charge < -0.3 is 24.8 Å². The van der Waals surface area contributed by atoms with E-state index in [9.17, 15) is 14.4 Å². The standard InChI is InChI=1S/C13H22N2O6/c1-8(2)15(7-11(16)20-3)13(19)14-6-9-4-5-10(21-9)12(17)18/h8-10H,4-7H2,1-3H3,(H,14,19)(H,17,18). The monoisotopic (exact) mass is 302 g/mol. The highest BCUT2D eigenvalue weighted by molar-refractivity contribution is 5.81. The Labute approximate surface area is 123 Å². The number of ether oxygens (including phenoxy) is 2. The number of carboxylic acids is 1. The number of nitrogens with one attached hydrogen (secondary N) is 1. The molecule has 0 spiro atoms. The molecule has 0 saturated carbocycles. The lowest BCUT2D eigenvalue weighted by Crippen LogP contribution is -2.48. The molecule has 8 heteroatoms. The Hall–Kier alpha value is -1.83. The van der Waals surface area contributed by atoms with Gasteiger partial charge in [-0.1, -0.05) is 0 Å². The average molecular weight is 302 g/mol. The first-order chi connectivity index (χ1) is 9.85. The van der Waals surface area contributed by atoms with Gasteiger partial charge in [-0.15, -0.1) is 0 Å². The van der Waals surface area contributed by atoms with Crippen molar-refractivity contribution in [1.29, 1.82) is 0 Å². The largest absolute Gasteiger partial charge is 0.479 e. The van der Waals surface area contributed by atoms with E-state index < -0.39 is 24.1 Å². The highest BCUT2D eigenvalue weighted by Gasteiger charge is 2.31. The third kappa shape index (κ3) is 5.22. The summed E-state index contributed by atoms with van der Waals surface area (Å²) >= 11 is 0. The molecule has 2 atom stereocenters. The van der Waals surface area contributed by atoms with Crippen LogP contribution in [0.4, 0.5) is 4.79 Å². The summed E-state index contributed by atoms with van der Waals surface area (Å²) in [6.45, 7) is 3.65. The van der Waals surface area contributed by atoms with E-state index >= 15 is 0 Å². The number of carbonyl (C=O) groups excluding carboxylic acids is 2. The van der Waals surface area contributed by atoms with E-state index in [4.69, 9.17) is 9.84 Å². The van der Waals surface area contributed by atoms with Crippen LogP contribution in [0.5, 0.6) is 0 Å². The molecule has 21 heavy (non-hydrogen) atoms. The van der Waals surface area contributed by atoms with Gasteiger partial charge in [-0.3, -0.25) is 4.79 Å². The van der Waals surface area contributed by atoms with Gasteiger partial charge in [-0.05, 0) is 26.7 Å². The van der Waals surface area contributed by atoms with E-state index in [1.165, 1.54) is 12.0 Å². The van der Waals surface area contributed by atoms with Crippen molar-refractivity contribution in [2.75, 3.05) is 20.2 Å². The Morgan fingerprint density at radius 2 is 2.05 bits per heavy atom. The van der Waals surface area contributed by atoms with Crippen LogP contribution >= 0.6 is 0 Å². The van der Waals surface area contributed by atoms with Crippen molar-refractivity contribution in [2.24, 2.45) is 0 Å². The number of amides is 2. The van der Waals surface area contributed by atoms with Crippen LogP contribution in [0.25, 0.3) is 0 Å². The van der Waals surface area contributed by atoms with Crippen LogP contribution in [0.15, 0.2) is 0 Å². The molecule has 2 unspecified atom stereocenters. The van der Waals surface area contributed by atoms with Crippen LogP contribution in [0.2, 0.25) is 0 Å². The molecule has 1 saturated heterocycles. The number of carbonyl (C=O) groups is 3. The molecule has 0 aliphatic carbocycles. The van der Waals surface area contributed by atoms with Crippen molar-refractivity contribution >= 4 is 18.0 Å². The maximum Gasteiger partial charge on any atom is 0.332 e. The molecular weight excluding hydrogens is 280 g/mol. The number of aliphatic carboxylic acids is 1. The smallest absolute Gasteiger partial charge is 0.332 e. The predicted octanol–water partition coefficient (Wildman–Crippen LogP) is 0.212. The van der Waals surface area contributed by atoms with Gasteiger partial charge in [0.05, 0.1) is 13.2 Å². The molecule has 120 valence electrons. The minimum Gasteiger partial charge on any atom is -0.479 e. The van der Waals surface area contributed by atoms with Gasteiger partial charge in [0.15, 0.2) is 6.10 Å². The minimum absolute atomic E-state index is 0.136. The highest BCUT2D eigenvalue weighted by atomic mass is 16.5. The molecule has 1 aliphatic heterocycles. The summed E-state index contributed by atoms with van der Waals surface area (Å²) in [6, 6.07) is -0.571. The predicted molar refractivity (Wildman–Crippen MR) is 72.8 cm³/mol. The molecule has 0 aromatic rings. The molecule has 0 bridgehead atoms. The zero-order valence-corrected chi connectivity index (χ0v) is 12.5. The first-order valence-electron chi connectivity index (χ1n) is 6.84. The normalized spacial score (nSPS) is 21.1. The van der Waals surface area contributed by atoms with Crippen LogP contribution in [0, 0.1) is 0 Å². The lowest BCUT2D eigenvalue weighted by molar-refractivity contribution is -0.149. The number of carboxylic acid groups (broad SMARTS) is 1. The summed E-state index contributed by atoms with van der Waals surface area (Å²) in [5, 5.41) is 11.5. The number of hydrogen-bond acceptors (Lipinski definition) is 5. The van der Waals surface area contributed by atoms with E-state index in [0.29, 0.717) is 12.8 Å². The van der Waals surface area contributed by atoms with E-state index in [1.54, 1.807) is 13.8 Å². The lowest BCUT2D eigenvalue weighted by atomic mass is 10.2. The summed E-state index contributed by atoms with van der Waals surface area (Å²) in [5.74, 6) is -1.49. The summed E-state index contributed by atoms with van der Waals surface area (Å²) in [4.78, 5) is 35.4. The van der Waals surface area contributed by atoms with Crippen LogP contribution < -0.4 is 5.32 Å². The molecule has 0 radical (unpaired) electrons. The van der Waals surface area contributed by atoms with Crippen molar-refractivity contribution in [2.45, 2.75) is 44.9 Å². The molecule has 0 aromatic carbocycles. The highest BCUT2D eigenvalue weighted by Crippen LogP contribution is 2.19. The van der Waals surface area contributed by atoms with Crippen LogP contribution in [-0.2, 0) is 19.1 Å². The molecule has 2 amide bonds. The van der Waals surface area contributed by atoms with Gasteiger partial charge in [-0.25, -0.2) is 9.59 Å². The van der Waals surface area contributed by atoms with Gasteiger partial charge in [0, 0.05) is 12.6 Å². The molecule has 2 N–H and O–H groups in total. The first kappa shape index (κ1) is 17.2. The number of esters is 1. The number of nitrogens with zero attached hydrogens (tertiary/aromatic N) is 1. The third-order valence-corrected chi connectivity index (χ3v) is 3.28. The molecular formula is C13H22N2O6. The van der Waals surface area contributed by atoms with Crippen LogP contribution in [0.1, 0.15) is 26.7 Å². The van der Waals surface area contributed by atoms with Crippen molar-refractivity contribution < 1.29 is 29.0 Å². The number of urea groups is 1. The summed E-state index contributed by atoms with van der Waals surface area (Å²) in [7, 11) is 1.26. The summed E-state index contributed by atoms with van der Waals surface area (Å²) in [6.07, 6.45) is -0.104. The maximum absolute atomic E-state index is 12.0. The average Bonchev–Trinajstić information content (AvgIpc) is 2.90. The molecule has 8 nitrogen and oxygen atoms in total. The van der Waals surface area contributed by atoms with Gasteiger partial charge in [-0.2, -0.15) is 0 Å². The first-order valence-corrected chi connectivity index (χ1v) is 6.84. The fourth-order valence-electron chi connectivity index (χ4n) is 2.03. The van der Waals surface area contributed by atoms with Gasteiger partial charge in [0.2, 0.25) is 0 Å². The summed E-state index contributed by atoms with van der Waals surface area (Å²) < 4.78 is 9.84. The lowest BCUT2D eigenvalue weighted by Gasteiger charge is -2.26. The number of rotatable bonds is 6. The van der Waals surface area contributed by atoms with Crippen molar-refractivity contribution in [3.8, 4) is 0 Å². The van der Waals surface area contributed by atoms with Gasteiger partial charge in [0.1, 0.15) is 6.54 Å². The van der Waals surface area contributed by atoms with Crippen molar-refractivity contribution in [3.05, 3.63) is 0 Å². The van der Waals surface area contributed by atoms with Crippen LogP contribution in [0.3, 0.4) is 0 Å². The third-order valence-electron chi connectivity index (χ3n) is 3.28. The Kier molecular flexibility index (Phi) is 6.41. The minimum atomic E-state index is -0.988. The second-order valence-corrected chi connectivity index (χ2v) is 5.15. The molecule has 1 fully saturated rings.